The first-order chi connectivity index (χ1) is 8.66. The van der Waals surface area contributed by atoms with Crippen LogP contribution < -0.4 is 5.73 Å². The summed E-state index contributed by atoms with van der Waals surface area (Å²) in [5.41, 5.74) is 7.36. The summed E-state index contributed by atoms with van der Waals surface area (Å²) in [6, 6.07) is 5.13. The van der Waals surface area contributed by atoms with Gasteiger partial charge in [-0.05, 0) is 24.1 Å². The molecule has 1 saturated heterocycles. The fraction of sp³-hybridized carbons (Fsp3) is 0.462. The molecule has 0 spiro atoms. The van der Waals surface area contributed by atoms with Gasteiger partial charge in [0.2, 0.25) is 0 Å². The minimum atomic E-state index is -0.201. The second-order valence-corrected chi connectivity index (χ2v) is 4.36. The van der Waals surface area contributed by atoms with Crippen LogP contribution in [0, 0.1) is 12.7 Å². The van der Waals surface area contributed by atoms with E-state index in [-0.39, 0.29) is 29.8 Å². The van der Waals surface area contributed by atoms with E-state index < -0.39 is 0 Å². The zero-order valence-corrected chi connectivity index (χ0v) is 13.3. The molecule has 1 aliphatic rings. The van der Waals surface area contributed by atoms with Gasteiger partial charge in [-0.25, -0.2) is 9.38 Å². The molecule has 1 heterocycles. The maximum absolute atomic E-state index is 13.4. The van der Waals surface area contributed by atoms with E-state index in [1.807, 2.05) is 11.0 Å². The van der Waals surface area contributed by atoms with Crippen molar-refractivity contribution in [2.45, 2.75) is 13.5 Å². The average Bonchev–Trinajstić information content (AvgIpc) is 2.41. The van der Waals surface area contributed by atoms with Gasteiger partial charge in [-0.3, -0.25) is 0 Å². The molecule has 2 rings (SSSR count). The Labute approximate surface area is 129 Å². The van der Waals surface area contributed by atoms with Crippen LogP contribution >= 0.6 is 24.0 Å². The molecule has 0 amide bonds. The molecule has 0 saturated carbocycles. The maximum Gasteiger partial charge on any atom is 0.191 e. The zero-order chi connectivity index (χ0) is 13.0. The van der Waals surface area contributed by atoms with E-state index in [0.717, 1.165) is 18.7 Å². The predicted molar refractivity (Wildman–Crippen MR) is 84.3 cm³/mol. The molecule has 4 nitrogen and oxygen atoms in total. The molecule has 1 fully saturated rings. The fourth-order valence-electron chi connectivity index (χ4n) is 1.80. The van der Waals surface area contributed by atoms with Crippen molar-refractivity contribution in [3.63, 3.8) is 0 Å². The van der Waals surface area contributed by atoms with E-state index in [2.05, 4.69) is 4.99 Å². The van der Waals surface area contributed by atoms with Crippen molar-refractivity contribution in [3.8, 4) is 0 Å². The molecule has 0 bridgehead atoms. The number of aryl methyl sites for hydroxylation is 1. The predicted octanol–water partition coefficient (Wildman–Crippen LogP) is 1.90. The highest BCUT2D eigenvalue weighted by Crippen LogP contribution is 2.10. The first kappa shape index (κ1) is 16.2. The molecule has 0 atom stereocenters. The summed E-state index contributed by atoms with van der Waals surface area (Å²) < 4.78 is 18.6. The smallest absolute Gasteiger partial charge is 0.191 e. The molecular weight excluding hydrogens is 360 g/mol. The number of rotatable bonds is 2. The Kier molecular flexibility index (Phi) is 6.50. The van der Waals surface area contributed by atoms with Gasteiger partial charge in [0.25, 0.3) is 0 Å². The van der Waals surface area contributed by atoms with Crippen LogP contribution in [0.1, 0.15) is 11.1 Å². The van der Waals surface area contributed by atoms with Crippen LogP contribution in [0.5, 0.6) is 0 Å². The number of nitrogens with zero attached hydrogens (tertiary/aromatic N) is 2. The lowest BCUT2D eigenvalue weighted by Gasteiger charge is -2.27. The van der Waals surface area contributed by atoms with Gasteiger partial charge in [0.15, 0.2) is 5.96 Å². The number of nitrogens with two attached hydrogens (primary N) is 1. The summed E-state index contributed by atoms with van der Waals surface area (Å²) in [6.07, 6.45) is 0. The summed E-state index contributed by atoms with van der Waals surface area (Å²) in [5.74, 6) is 0.298. The Balaban J connectivity index is 0.00000180. The lowest BCUT2D eigenvalue weighted by molar-refractivity contribution is 0.0674. The number of hydrogen-bond donors (Lipinski definition) is 1. The van der Waals surface area contributed by atoms with Crippen molar-refractivity contribution in [2.75, 3.05) is 26.3 Å². The second kappa shape index (κ2) is 7.64. The van der Waals surface area contributed by atoms with Crippen LogP contribution in [0.4, 0.5) is 4.39 Å². The third-order valence-electron chi connectivity index (χ3n) is 2.99. The quantitative estimate of drug-likeness (QED) is 0.485. The monoisotopic (exact) mass is 379 g/mol. The van der Waals surface area contributed by atoms with Crippen LogP contribution in [-0.2, 0) is 11.3 Å². The normalized spacial score (nSPS) is 16.1. The van der Waals surface area contributed by atoms with Crippen LogP contribution in [-0.4, -0.2) is 37.2 Å². The lowest BCUT2D eigenvalue weighted by atomic mass is 10.1. The van der Waals surface area contributed by atoms with Crippen molar-refractivity contribution < 1.29 is 9.13 Å². The van der Waals surface area contributed by atoms with Gasteiger partial charge in [0, 0.05) is 13.1 Å². The fourth-order valence-corrected chi connectivity index (χ4v) is 1.80. The molecule has 0 unspecified atom stereocenters. The van der Waals surface area contributed by atoms with E-state index in [4.69, 9.17) is 10.5 Å². The molecule has 1 aromatic carbocycles. The summed E-state index contributed by atoms with van der Waals surface area (Å²) in [6.45, 7) is 5.02. The van der Waals surface area contributed by atoms with Gasteiger partial charge in [0.05, 0.1) is 19.8 Å². The standard InChI is InChI=1S/C13H18FN3O.HI/c1-10-2-3-11(8-12(10)14)9-16-13(15)17-4-6-18-7-5-17;/h2-3,8H,4-7,9H2,1H3,(H2,15,16);1H. The lowest BCUT2D eigenvalue weighted by Crippen LogP contribution is -2.44. The Hall–Kier alpha value is -0.890. The first-order valence-corrected chi connectivity index (χ1v) is 6.04. The largest absolute Gasteiger partial charge is 0.378 e. The van der Waals surface area contributed by atoms with Crippen molar-refractivity contribution in [1.82, 2.24) is 4.90 Å². The number of halogens is 2. The number of benzene rings is 1. The van der Waals surface area contributed by atoms with Crippen molar-refractivity contribution in [1.29, 1.82) is 0 Å². The second-order valence-electron chi connectivity index (χ2n) is 4.36. The number of morpholine rings is 1. The SMILES string of the molecule is Cc1ccc(CN=C(N)N2CCOCC2)cc1F.I. The van der Waals surface area contributed by atoms with E-state index in [1.165, 1.54) is 6.07 Å². The number of guanidine groups is 1. The van der Waals surface area contributed by atoms with Crippen molar-refractivity contribution >= 4 is 29.9 Å². The third kappa shape index (κ3) is 4.61. The Morgan fingerprint density at radius 2 is 2.11 bits per heavy atom. The number of aliphatic imine (C=N–C) groups is 1. The van der Waals surface area contributed by atoms with Crippen LogP contribution in [0.15, 0.2) is 23.2 Å². The highest BCUT2D eigenvalue weighted by atomic mass is 127. The topological polar surface area (TPSA) is 50.8 Å². The molecule has 106 valence electrons. The zero-order valence-electron chi connectivity index (χ0n) is 10.9. The minimum Gasteiger partial charge on any atom is -0.378 e. The molecular formula is C13H19FIN3O. The molecule has 0 radical (unpaired) electrons. The summed E-state index contributed by atoms with van der Waals surface area (Å²) in [4.78, 5) is 6.27. The minimum absolute atomic E-state index is 0. The molecule has 6 heteroatoms. The molecule has 1 aromatic rings. The van der Waals surface area contributed by atoms with E-state index in [0.29, 0.717) is 31.3 Å². The molecule has 1 aliphatic heterocycles. The number of ether oxygens (including phenoxy) is 1. The van der Waals surface area contributed by atoms with Gasteiger partial charge in [-0.1, -0.05) is 12.1 Å². The van der Waals surface area contributed by atoms with Crippen LogP contribution in [0.3, 0.4) is 0 Å². The Morgan fingerprint density at radius 3 is 2.74 bits per heavy atom. The van der Waals surface area contributed by atoms with Gasteiger partial charge >= 0.3 is 0 Å². The van der Waals surface area contributed by atoms with Crippen molar-refractivity contribution in [3.05, 3.63) is 35.1 Å². The Morgan fingerprint density at radius 1 is 1.42 bits per heavy atom. The third-order valence-corrected chi connectivity index (χ3v) is 2.99. The molecule has 0 aliphatic carbocycles. The highest BCUT2D eigenvalue weighted by Gasteiger charge is 2.11. The Bertz CT molecular complexity index is 448. The molecule has 0 aromatic heterocycles. The summed E-state index contributed by atoms with van der Waals surface area (Å²) in [5, 5.41) is 0. The van der Waals surface area contributed by atoms with Crippen LogP contribution in [0.2, 0.25) is 0 Å². The highest BCUT2D eigenvalue weighted by molar-refractivity contribution is 14.0. The van der Waals surface area contributed by atoms with Gasteiger partial charge < -0.3 is 15.4 Å². The van der Waals surface area contributed by atoms with E-state index >= 15 is 0 Å². The van der Waals surface area contributed by atoms with Gasteiger partial charge in [-0.2, -0.15) is 0 Å². The first-order valence-electron chi connectivity index (χ1n) is 6.04. The van der Waals surface area contributed by atoms with E-state index in [9.17, 15) is 4.39 Å². The van der Waals surface area contributed by atoms with E-state index in [1.54, 1.807) is 13.0 Å². The van der Waals surface area contributed by atoms with Gasteiger partial charge in [0.1, 0.15) is 5.82 Å². The van der Waals surface area contributed by atoms with Crippen molar-refractivity contribution in [2.24, 2.45) is 10.7 Å². The molecule has 19 heavy (non-hydrogen) atoms. The summed E-state index contributed by atoms with van der Waals surface area (Å²) >= 11 is 0. The maximum atomic E-state index is 13.4. The van der Waals surface area contributed by atoms with Gasteiger partial charge in [-0.15, -0.1) is 24.0 Å². The number of hydrogen-bond acceptors (Lipinski definition) is 2. The average molecular weight is 379 g/mol. The van der Waals surface area contributed by atoms with Crippen LogP contribution in [0.25, 0.3) is 0 Å². The summed E-state index contributed by atoms with van der Waals surface area (Å²) in [7, 11) is 0. The molecule has 2 N–H and O–H groups in total.